The van der Waals surface area contributed by atoms with E-state index >= 15 is 0 Å². The molecule has 0 N–H and O–H groups in total. The lowest BCUT2D eigenvalue weighted by Gasteiger charge is -2.36. The Hall–Kier alpha value is -2.66. The van der Waals surface area contributed by atoms with Crippen LogP contribution in [0.15, 0.2) is 66.7 Å². The van der Waals surface area contributed by atoms with Crippen molar-refractivity contribution in [2.24, 2.45) is 0 Å². The number of hydrogen-bond acceptors (Lipinski definition) is 5. The van der Waals surface area contributed by atoms with Crippen LogP contribution in [-0.2, 0) is 20.7 Å². The summed E-state index contributed by atoms with van der Waals surface area (Å²) >= 11 is 2.09. The maximum atomic E-state index is 13.2. The molecule has 9 heteroatoms. The summed E-state index contributed by atoms with van der Waals surface area (Å²) in [6.07, 6.45) is -0.335. The topological polar surface area (TPSA) is 66.9 Å². The van der Waals surface area contributed by atoms with Crippen molar-refractivity contribution in [2.75, 3.05) is 37.7 Å². The molecule has 6 nitrogen and oxygen atoms in total. The van der Waals surface area contributed by atoms with Crippen molar-refractivity contribution in [1.29, 1.82) is 0 Å². The highest BCUT2D eigenvalue weighted by Crippen LogP contribution is 2.44. The summed E-state index contributed by atoms with van der Waals surface area (Å²) in [5.41, 5.74) is 5.97. The molecule has 1 aliphatic heterocycles. The smallest absolute Gasteiger partial charge is 0.409 e. The molecule has 1 aliphatic carbocycles. The van der Waals surface area contributed by atoms with Gasteiger partial charge in [0.1, 0.15) is 12.4 Å². The maximum absolute atomic E-state index is 13.2. The van der Waals surface area contributed by atoms with Crippen LogP contribution in [0, 0.1) is 3.57 Å². The SMILES string of the molecule is O=C(OCC1c2ccccc2-c2ccccc21)N1CCN(c2cc(I)cc(CS(=O)(=O)F)c2)CC1. The lowest BCUT2D eigenvalue weighted by Crippen LogP contribution is -2.49. The van der Waals surface area contributed by atoms with Gasteiger partial charge >= 0.3 is 16.3 Å². The van der Waals surface area contributed by atoms with Gasteiger partial charge in [-0.05, 0) is 68.6 Å². The summed E-state index contributed by atoms with van der Waals surface area (Å²) in [5, 5.41) is 0. The van der Waals surface area contributed by atoms with E-state index in [0.29, 0.717) is 31.7 Å². The molecule has 5 rings (SSSR count). The summed E-state index contributed by atoms with van der Waals surface area (Å²) in [5.74, 6) is -0.624. The number of nitrogens with zero attached hydrogens (tertiary/aromatic N) is 2. The fourth-order valence-electron chi connectivity index (χ4n) is 4.93. The Morgan fingerprint density at radius 1 is 0.943 bits per heavy atom. The molecular formula is C26H24FIN2O4S. The van der Waals surface area contributed by atoms with Gasteiger partial charge in [-0.1, -0.05) is 48.5 Å². The van der Waals surface area contributed by atoms with Crippen molar-refractivity contribution in [3.63, 3.8) is 0 Å². The maximum Gasteiger partial charge on any atom is 0.409 e. The molecule has 35 heavy (non-hydrogen) atoms. The molecule has 3 aromatic rings. The van der Waals surface area contributed by atoms with Crippen LogP contribution in [0.5, 0.6) is 0 Å². The third-order valence-corrected chi connectivity index (χ3v) is 7.82. The number of carbonyl (C=O) groups excluding carboxylic acids is 1. The first-order chi connectivity index (χ1) is 16.8. The highest BCUT2D eigenvalue weighted by molar-refractivity contribution is 14.1. The van der Waals surface area contributed by atoms with E-state index in [-0.39, 0.29) is 18.6 Å². The van der Waals surface area contributed by atoms with Crippen molar-refractivity contribution in [3.05, 3.63) is 87.0 Å². The summed E-state index contributed by atoms with van der Waals surface area (Å²) < 4.78 is 41.9. The minimum absolute atomic E-state index is 0.0178. The monoisotopic (exact) mass is 606 g/mol. The van der Waals surface area contributed by atoms with Crippen LogP contribution in [-0.4, -0.2) is 52.2 Å². The Morgan fingerprint density at radius 2 is 1.54 bits per heavy atom. The highest BCUT2D eigenvalue weighted by Gasteiger charge is 2.30. The standard InChI is InChI=1S/C26H24FIN2O4S/c27-35(32,33)17-18-13-19(28)15-20(14-18)29-9-11-30(12-10-29)26(31)34-16-25-23-7-3-1-5-21(23)22-6-2-4-8-24(22)25/h1-8,13-15,25H,9-12,16-17H2. The predicted molar refractivity (Wildman–Crippen MR) is 142 cm³/mol. The second-order valence-electron chi connectivity index (χ2n) is 8.78. The summed E-state index contributed by atoms with van der Waals surface area (Å²) in [6, 6.07) is 21.8. The van der Waals surface area contributed by atoms with E-state index in [9.17, 15) is 17.1 Å². The quantitative estimate of drug-likeness (QED) is 0.297. The van der Waals surface area contributed by atoms with Crippen molar-refractivity contribution in [3.8, 4) is 11.1 Å². The molecule has 1 fully saturated rings. The van der Waals surface area contributed by atoms with Crippen molar-refractivity contribution in [1.82, 2.24) is 4.90 Å². The van der Waals surface area contributed by atoms with Gasteiger partial charge in [0, 0.05) is 41.4 Å². The minimum Gasteiger partial charge on any atom is -0.448 e. The molecule has 0 radical (unpaired) electrons. The van der Waals surface area contributed by atoms with E-state index in [0.717, 1.165) is 9.26 Å². The van der Waals surface area contributed by atoms with Gasteiger partial charge in [-0.25, -0.2) is 4.79 Å². The van der Waals surface area contributed by atoms with Crippen LogP contribution in [0.2, 0.25) is 0 Å². The number of halogens is 2. The third-order valence-electron chi connectivity index (χ3n) is 6.52. The molecule has 0 bridgehead atoms. The lowest BCUT2D eigenvalue weighted by molar-refractivity contribution is 0.0977. The van der Waals surface area contributed by atoms with Gasteiger partial charge in [0.05, 0.1) is 0 Å². The zero-order valence-electron chi connectivity index (χ0n) is 18.9. The molecule has 1 saturated heterocycles. The van der Waals surface area contributed by atoms with Crippen LogP contribution in [0.4, 0.5) is 14.4 Å². The number of benzene rings is 3. The number of ether oxygens (including phenoxy) is 1. The summed E-state index contributed by atoms with van der Waals surface area (Å²) in [6.45, 7) is 2.40. The van der Waals surface area contributed by atoms with Gasteiger partial charge in [-0.2, -0.15) is 8.42 Å². The van der Waals surface area contributed by atoms with Crippen molar-refractivity contribution >= 4 is 44.6 Å². The average Bonchev–Trinajstić information content (AvgIpc) is 3.15. The Morgan fingerprint density at radius 3 is 2.14 bits per heavy atom. The normalized spacial score (nSPS) is 15.6. The largest absolute Gasteiger partial charge is 0.448 e. The first kappa shape index (κ1) is 24.1. The van der Waals surface area contributed by atoms with Gasteiger partial charge in [0.25, 0.3) is 0 Å². The Bertz CT molecular complexity index is 1330. The summed E-state index contributed by atoms with van der Waals surface area (Å²) in [7, 11) is -4.60. The molecule has 2 aliphatic rings. The van der Waals surface area contributed by atoms with Crippen LogP contribution >= 0.6 is 22.6 Å². The van der Waals surface area contributed by atoms with E-state index < -0.39 is 16.0 Å². The van der Waals surface area contributed by atoms with Gasteiger partial charge in [0.2, 0.25) is 0 Å². The van der Waals surface area contributed by atoms with Crippen LogP contribution in [0.1, 0.15) is 22.6 Å². The number of piperazine rings is 1. The van der Waals surface area contributed by atoms with Crippen molar-refractivity contribution < 1.29 is 21.8 Å². The van der Waals surface area contributed by atoms with Crippen LogP contribution < -0.4 is 4.90 Å². The van der Waals surface area contributed by atoms with E-state index in [2.05, 4.69) is 51.8 Å². The predicted octanol–water partition coefficient (Wildman–Crippen LogP) is 5.16. The Labute approximate surface area is 218 Å². The van der Waals surface area contributed by atoms with E-state index in [1.807, 2.05) is 30.3 Å². The van der Waals surface area contributed by atoms with E-state index in [1.165, 1.54) is 22.3 Å². The second kappa shape index (κ2) is 9.77. The highest BCUT2D eigenvalue weighted by atomic mass is 127. The molecule has 1 amide bonds. The molecule has 0 atom stereocenters. The van der Waals surface area contributed by atoms with Gasteiger partial charge < -0.3 is 14.5 Å². The number of hydrogen-bond donors (Lipinski definition) is 0. The molecule has 0 unspecified atom stereocenters. The molecular weight excluding hydrogens is 582 g/mol. The fourth-order valence-corrected chi connectivity index (χ4v) is 6.21. The van der Waals surface area contributed by atoms with Gasteiger partial charge in [-0.15, -0.1) is 3.89 Å². The zero-order chi connectivity index (χ0) is 24.6. The Kier molecular flexibility index (Phi) is 6.71. The molecule has 1 heterocycles. The molecule has 0 saturated carbocycles. The molecule has 3 aromatic carbocycles. The lowest BCUT2D eigenvalue weighted by atomic mass is 9.98. The third kappa shape index (κ3) is 5.30. The average molecular weight is 606 g/mol. The van der Waals surface area contributed by atoms with E-state index in [4.69, 9.17) is 4.74 Å². The molecule has 0 spiro atoms. The van der Waals surface area contributed by atoms with Crippen molar-refractivity contribution in [2.45, 2.75) is 11.7 Å². The number of rotatable bonds is 5. The summed E-state index contributed by atoms with van der Waals surface area (Å²) in [4.78, 5) is 16.6. The number of amides is 1. The number of carbonyl (C=O) groups is 1. The van der Waals surface area contributed by atoms with Crippen LogP contribution in [0.3, 0.4) is 0 Å². The Balaban J connectivity index is 1.21. The number of fused-ring (bicyclic) bond motifs is 3. The first-order valence-corrected chi connectivity index (χ1v) is 14.0. The minimum atomic E-state index is -4.60. The van der Waals surface area contributed by atoms with Crippen LogP contribution in [0.25, 0.3) is 11.1 Å². The molecule has 0 aromatic heterocycles. The van der Waals surface area contributed by atoms with Gasteiger partial charge in [0.15, 0.2) is 0 Å². The zero-order valence-corrected chi connectivity index (χ0v) is 21.8. The van der Waals surface area contributed by atoms with Gasteiger partial charge in [-0.3, -0.25) is 0 Å². The fraction of sp³-hybridized carbons (Fsp3) is 0.269. The van der Waals surface area contributed by atoms with E-state index in [1.54, 1.807) is 17.0 Å². The molecule has 182 valence electrons. The number of anilines is 1. The second-order valence-corrected chi connectivity index (χ2v) is 11.4. The first-order valence-electron chi connectivity index (χ1n) is 11.4.